The maximum absolute atomic E-state index is 12.5. The van der Waals surface area contributed by atoms with Gasteiger partial charge in [0.25, 0.3) is 10.2 Å². The van der Waals surface area contributed by atoms with E-state index in [-0.39, 0.29) is 17.9 Å². The number of hydrogen-bond donors (Lipinski definition) is 2. The summed E-state index contributed by atoms with van der Waals surface area (Å²) in [4.78, 5) is 12.5. The van der Waals surface area contributed by atoms with Crippen LogP contribution in [0.5, 0.6) is 5.75 Å². The number of amides is 1. The van der Waals surface area contributed by atoms with Crippen molar-refractivity contribution in [3.05, 3.63) is 29.8 Å². The summed E-state index contributed by atoms with van der Waals surface area (Å²) in [5, 5.41) is 8.20. The highest BCUT2D eigenvalue weighted by Gasteiger charge is 2.31. The van der Waals surface area contributed by atoms with E-state index in [1.165, 1.54) is 4.31 Å². The van der Waals surface area contributed by atoms with Crippen molar-refractivity contribution in [1.29, 1.82) is 0 Å². The summed E-state index contributed by atoms with van der Waals surface area (Å²) in [6, 6.07) is 7.65. The second-order valence-electron chi connectivity index (χ2n) is 5.95. The van der Waals surface area contributed by atoms with Gasteiger partial charge in [-0.05, 0) is 18.9 Å². The molecule has 2 aliphatic rings. The molecule has 0 bridgehead atoms. The first-order valence-electron chi connectivity index (χ1n) is 7.75. The average Bonchev–Trinajstić information content (AvgIpc) is 2.54. The summed E-state index contributed by atoms with van der Waals surface area (Å²) < 4.78 is 29.4. The van der Waals surface area contributed by atoms with E-state index in [1.54, 1.807) is 0 Å². The third-order valence-corrected chi connectivity index (χ3v) is 5.54. The molecule has 3 N–H and O–H groups in total. The summed E-state index contributed by atoms with van der Waals surface area (Å²) in [6.45, 7) is 1.16. The number of nitrogens with one attached hydrogen (secondary N) is 1. The highest BCUT2D eigenvalue weighted by Crippen LogP contribution is 2.32. The third kappa shape index (κ3) is 3.65. The molecule has 0 aromatic heterocycles. The number of benzene rings is 1. The van der Waals surface area contributed by atoms with E-state index in [9.17, 15) is 13.2 Å². The molecule has 2 heterocycles. The summed E-state index contributed by atoms with van der Waals surface area (Å²) >= 11 is 0. The van der Waals surface area contributed by atoms with Crippen LogP contribution in [0.1, 0.15) is 30.9 Å². The lowest BCUT2D eigenvalue weighted by Crippen LogP contribution is -2.46. The highest BCUT2D eigenvalue weighted by atomic mass is 32.2. The molecule has 0 aliphatic carbocycles. The lowest BCUT2D eigenvalue weighted by atomic mass is 9.95. The molecule has 126 valence electrons. The lowest BCUT2D eigenvalue weighted by molar-refractivity contribution is -0.127. The van der Waals surface area contributed by atoms with Crippen molar-refractivity contribution >= 4 is 16.1 Å². The Morgan fingerprint density at radius 3 is 2.61 bits per heavy atom. The van der Waals surface area contributed by atoms with E-state index < -0.39 is 10.2 Å². The monoisotopic (exact) mass is 339 g/mol. The summed E-state index contributed by atoms with van der Waals surface area (Å²) in [6.07, 6.45) is 1.72. The van der Waals surface area contributed by atoms with Gasteiger partial charge in [-0.2, -0.15) is 12.7 Å². The molecule has 1 aromatic rings. The fourth-order valence-corrected chi connectivity index (χ4v) is 3.87. The lowest BCUT2D eigenvalue weighted by Gasteiger charge is -2.31. The SMILES string of the molecule is NS(=O)(=O)N1CCC(C(=O)N[C@H]2CCOc3ccccc32)CC1. The van der Waals surface area contributed by atoms with Crippen LogP contribution in [-0.4, -0.2) is 38.3 Å². The van der Waals surface area contributed by atoms with E-state index in [2.05, 4.69) is 5.32 Å². The molecule has 0 unspecified atom stereocenters. The molecule has 1 fully saturated rings. The van der Waals surface area contributed by atoms with Crippen LogP contribution >= 0.6 is 0 Å². The van der Waals surface area contributed by atoms with Gasteiger partial charge in [-0.15, -0.1) is 0 Å². The standard InChI is InChI=1S/C15H21N3O4S/c16-23(20,21)18-8-5-11(6-9-18)15(19)17-13-7-10-22-14-4-2-1-3-12(13)14/h1-4,11,13H,5-10H2,(H,17,19)(H2,16,20,21)/t13-/m0/s1. The van der Waals surface area contributed by atoms with Crippen molar-refractivity contribution < 1.29 is 17.9 Å². The number of carbonyl (C=O) groups is 1. The van der Waals surface area contributed by atoms with Gasteiger partial charge in [0.15, 0.2) is 0 Å². The predicted octanol–water partition coefficient (Wildman–Crippen LogP) is 0.542. The van der Waals surface area contributed by atoms with Crippen LogP contribution in [0.25, 0.3) is 0 Å². The number of fused-ring (bicyclic) bond motifs is 1. The Morgan fingerprint density at radius 2 is 1.91 bits per heavy atom. The molecule has 0 saturated carbocycles. The van der Waals surface area contributed by atoms with Crippen LogP contribution in [-0.2, 0) is 15.0 Å². The van der Waals surface area contributed by atoms with E-state index in [0.717, 1.165) is 17.7 Å². The Hall–Kier alpha value is -1.64. The van der Waals surface area contributed by atoms with Crippen molar-refractivity contribution in [2.75, 3.05) is 19.7 Å². The van der Waals surface area contributed by atoms with Gasteiger partial charge in [-0.3, -0.25) is 4.79 Å². The Morgan fingerprint density at radius 1 is 1.22 bits per heavy atom. The molecule has 0 radical (unpaired) electrons. The van der Waals surface area contributed by atoms with Gasteiger partial charge in [-0.1, -0.05) is 18.2 Å². The zero-order valence-corrected chi connectivity index (χ0v) is 13.6. The molecule has 3 rings (SSSR count). The fourth-order valence-electron chi connectivity index (χ4n) is 3.15. The van der Waals surface area contributed by atoms with Gasteiger partial charge < -0.3 is 10.1 Å². The third-order valence-electron chi connectivity index (χ3n) is 4.46. The molecule has 1 atom stereocenters. The van der Waals surface area contributed by atoms with Gasteiger partial charge in [0, 0.05) is 31.0 Å². The fraction of sp³-hybridized carbons (Fsp3) is 0.533. The smallest absolute Gasteiger partial charge is 0.276 e. The van der Waals surface area contributed by atoms with E-state index in [0.29, 0.717) is 32.5 Å². The number of nitrogens with zero attached hydrogens (tertiary/aromatic N) is 1. The number of nitrogens with two attached hydrogens (primary N) is 1. The maximum atomic E-state index is 12.5. The molecule has 7 nitrogen and oxygen atoms in total. The second kappa shape index (κ2) is 6.46. The molecule has 23 heavy (non-hydrogen) atoms. The van der Waals surface area contributed by atoms with Crippen LogP contribution in [0.4, 0.5) is 0 Å². The largest absolute Gasteiger partial charge is 0.493 e. The van der Waals surface area contributed by atoms with Crippen molar-refractivity contribution in [2.45, 2.75) is 25.3 Å². The van der Waals surface area contributed by atoms with Gasteiger partial charge >= 0.3 is 0 Å². The van der Waals surface area contributed by atoms with E-state index >= 15 is 0 Å². The number of hydrogen-bond acceptors (Lipinski definition) is 4. The minimum absolute atomic E-state index is 0.0271. The molecule has 1 aromatic carbocycles. The minimum atomic E-state index is -3.66. The zero-order valence-electron chi connectivity index (χ0n) is 12.8. The van der Waals surface area contributed by atoms with Crippen molar-refractivity contribution in [2.24, 2.45) is 11.1 Å². The van der Waals surface area contributed by atoms with Crippen LogP contribution in [0, 0.1) is 5.92 Å². The first kappa shape index (κ1) is 16.2. The van der Waals surface area contributed by atoms with E-state index in [1.807, 2.05) is 24.3 Å². The highest BCUT2D eigenvalue weighted by molar-refractivity contribution is 7.86. The van der Waals surface area contributed by atoms with Gasteiger partial charge in [0.2, 0.25) is 5.91 Å². The number of piperidine rings is 1. The average molecular weight is 339 g/mol. The van der Waals surface area contributed by atoms with Crippen LogP contribution in [0.3, 0.4) is 0 Å². The van der Waals surface area contributed by atoms with Crippen LogP contribution in [0.15, 0.2) is 24.3 Å². The summed E-state index contributed by atoms with van der Waals surface area (Å²) in [5.41, 5.74) is 0.995. The topological polar surface area (TPSA) is 102 Å². The van der Waals surface area contributed by atoms with Crippen LogP contribution < -0.4 is 15.2 Å². The number of para-hydroxylation sites is 1. The molecule has 1 saturated heterocycles. The van der Waals surface area contributed by atoms with Gasteiger partial charge in [-0.25, -0.2) is 5.14 Å². The maximum Gasteiger partial charge on any atom is 0.276 e. The van der Waals surface area contributed by atoms with Crippen molar-refractivity contribution in [3.63, 3.8) is 0 Å². The van der Waals surface area contributed by atoms with Crippen LogP contribution in [0.2, 0.25) is 0 Å². The number of carbonyl (C=O) groups excluding carboxylic acids is 1. The molecule has 1 amide bonds. The number of rotatable bonds is 3. The van der Waals surface area contributed by atoms with E-state index in [4.69, 9.17) is 9.88 Å². The second-order valence-corrected chi connectivity index (χ2v) is 7.50. The molecule has 0 spiro atoms. The summed E-state index contributed by atoms with van der Waals surface area (Å²) in [5.74, 6) is 0.608. The van der Waals surface area contributed by atoms with Crippen molar-refractivity contribution in [1.82, 2.24) is 9.62 Å². The number of ether oxygens (including phenoxy) is 1. The molecular weight excluding hydrogens is 318 g/mol. The Balaban J connectivity index is 1.61. The Labute approximate surface area is 136 Å². The molecule has 8 heteroatoms. The Bertz CT molecular complexity index is 684. The normalized spacial score (nSPS) is 22.9. The summed E-state index contributed by atoms with van der Waals surface area (Å²) in [7, 11) is -3.66. The molecular formula is C15H21N3O4S. The van der Waals surface area contributed by atoms with Gasteiger partial charge in [0.1, 0.15) is 5.75 Å². The van der Waals surface area contributed by atoms with Gasteiger partial charge in [0.05, 0.1) is 12.6 Å². The molecule has 2 aliphatic heterocycles. The minimum Gasteiger partial charge on any atom is -0.493 e. The Kier molecular flexibility index (Phi) is 4.56. The zero-order chi connectivity index (χ0) is 16.4. The first-order valence-corrected chi connectivity index (χ1v) is 9.25. The van der Waals surface area contributed by atoms with Crippen molar-refractivity contribution in [3.8, 4) is 5.75 Å². The predicted molar refractivity (Wildman–Crippen MR) is 84.8 cm³/mol. The quantitative estimate of drug-likeness (QED) is 0.839. The first-order chi connectivity index (χ1) is 10.9.